The maximum Gasteiger partial charge on any atom is 0.154 e. The van der Waals surface area contributed by atoms with Gasteiger partial charge < -0.3 is 10.6 Å². The van der Waals surface area contributed by atoms with Crippen molar-refractivity contribution in [1.29, 1.82) is 0 Å². The number of anilines is 1. The average Bonchev–Trinajstić information content (AvgIpc) is 2.84. The standard InChI is InChI=1S/C16H25N5/c17-9-5-12-20(14-6-3-1-2-4-7-14)16-15-8-10-19-21(15)13-11-18-16/h8,10-11,13-14H,1-7,9,12,17H2. The summed E-state index contributed by atoms with van der Waals surface area (Å²) in [5.74, 6) is 1.07. The summed E-state index contributed by atoms with van der Waals surface area (Å²) in [6, 6.07) is 2.64. The van der Waals surface area contributed by atoms with Crippen LogP contribution in [0, 0.1) is 0 Å². The molecular weight excluding hydrogens is 262 g/mol. The number of nitrogens with zero attached hydrogens (tertiary/aromatic N) is 4. The Morgan fingerprint density at radius 3 is 2.76 bits per heavy atom. The molecule has 0 atom stereocenters. The van der Waals surface area contributed by atoms with E-state index < -0.39 is 0 Å². The molecule has 1 aliphatic rings. The molecule has 1 fully saturated rings. The highest BCUT2D eigenvalue weighted by molar-refractivity contribution is 5.68. The predicted molar refractivity (Wildman–Crippen MR) is 85.5 cm³/mol. The van der Waals surface area contributed by atoms with Crippen molar-refractivity contribution in [2.75, 3.05) is 18.0 Å². The number of nitrogens with two attached hydrogens (primary N) is 1. The maximum absolute atomic E-state index is 5.74. The minimum atomic E-state index is 0.590. The molecule has 2 heterocycles. The van der Waals surface area contributed by atoms with Crippen molar-refractivity contribution in [3.05, 3.63) is 24.7 Å². The zero-order chi connectivity index (χ0) is 14.5. The van der Waals surface area contributed by atoms with Crippen molar-refractivity contribution in [1.82, 2.24) is 14.6 Å². The summed E-state index contributed by atoms with van der Waals surface area (Å²) >= 11 is 0. The van der Waals surface area contributed by atoms with E-state index in [-0.39, 0.29) is 0 Å². The Morgan fingerprint density at radius 1 is 1.19 bits per heavy atom. The highest BCUT2D eigenvalue weighted by atomic mass is 15.3. The van der Waals surface area contributed by atoms with Crippen molar-refractivity contribution >= 4 is 11.3 Å². The molecule has 0 saturated heterocycles. The number of fused-ring (bicyclic) bond motifs is 1. The van der Waals surface area contributed by atoms with Gasteiger partial charge in [0.2, 0.25) is 0 Å². The number of hydrogen-bond donors (Lipinski definition) is 1. The van der Waals surface area contributed by atoms with Crippen LogP contribution < -0.4 is 10.6 Å². The molecule has 3 rings (SSSR count). The van der Waals surface area contributed by atoms with Crippen LogP contribution in [-0.4, -0.2) is 33.7 Å². The fourth-order valence-electron chi connectivity index (χ4n) is 3.36. The molecule has 0 aliphatic heterocycles. The first-order valence-corrected chi connectivity index (χ1v) is 8.15. The molecule has 1 saturated carbocycles. The van der Waals surface area contributed by atoms with Crippen molar-refractivity contribution in [2.24, 2.45) is 5.73 Å². The molecule has 114 valence electrons. The van der Waals surface area contributed by atoms with E-state index in [1.807, 2.05) is 23.1 Å². The molecule has 0 aromatic carbocycles. The lowest BCUT2D eigenvalue weighted by Crippen LogP contribution is -2.37. The topological polar surface area (TPSA) is 59.5 Å². The summed E-state index contributed by atoms with van der Waals surface area (Å²) in [4.78, 5) is 7.14. The Hall–Kier alpha value is -1.62. The molecular formula is C16H25N5. The van der Waals surface area contributed by atoms with Gasteiger partial charge in [0.1, 0.15) is 5.52 Å². The van der Waals surface area contributed by atoms with Crippen molar-refractivity contribution in [3.8, 4) is 0 Å². The maximum atomic E-state index is 5.74. The van der Waals surface area contributed by atoms with E-state index in [9.17, 15) is 0 Å². The number of aromatic nitrogens is 3. The zero-order valence-corrected chi connectivity index (χ0v) is 12.6. The van der Waals surface area contributed by atoms with Crippen LogP contribution in [0.15, 0.2) is 24.7 Å². The van der Waals surface area contributed by atoms with Gasteiger partial charge >= 0.3 is 0 Å². The molecule has 2 aromatic heterocycles. The summed E-state index contributed by atoms with van der Waals surface area (Å²) in [5.41, 5.74) is 6.84. The summed E-state index contributed by atoms with van der Waals surface area (Å²) in [6.07, 6.45) is 14.5. The van der Waals surface area contributed by atoms with Gasteiger partial charge in [-0.25, -0.2) is 9.50 Å². The minimum absolute atomic E-state index is 0.590. The second-order valence-corrected chi connectivity index (χ2v) is 5.89. The molecule has 5 nitrogen and oxygen atoms in total. The third-order valence-electron chi connectivity index (χ3n) is 4.44. The number of rotatable bonds is 5. The Balaban J connectivity index is 1.92. The van der Waals surface area contributed by atoms with E-state index in [2.05, 4.69) is 21.0 Å². The fourth-order valence-corrected chi connectivity index (χ4v) is 3.36. The third kappa shape index (κ3) is 3.18. The molecule has 1 aliphatic carbocycles. The van der Waals surface area contributed by atoms with E-state index in [4.69, 9.17) is 5.73 Å². The molecule has 2 N–H and O–H groups in total. The van der Waals surface area contributed by atoms with Gasteiger partial charge in [0.05, 0.1) is 6.20 Å². The van der Waals surface area contributed by atoms with Crippen LogP contribution in [0.25, 0.3) is 5.52 Å². The van der Waals surface area contributed by atoms with Crippen LogP contribution in [0.1, 0.15) is 44.9 Å². The van der Waals surface area contributed by atoms with Gasteiger partial charge in [-0.3, -0.25) is 0 Å². The molecule has 0 amide bonds. The van der Waals surface area contributed by atoms with Crippen molar-refractivity contribution in [3.63, 3.8) is 0 Å². The highest BCUT2D eigenvalue weighted by Gasteiger charge is 2.22. The largest absolute Gasteiger partial charge is 0.352 e. The highest BCUT2D eigenvalue weighted by Crippen LogP contribution is 2.28. The Kier molecular flexibility index (Phi) is 4.70. The summed E-state index contributed by atoms with van der Waals surface area (Å²) in [5, 5.41) is 4.33. The van der Waals surface area contributed by atoms with Gasteiger partial charge in [0.25, 0.3) is 0 Å². The quantitative estimate of drug-likeness (QED) is 0.859. The zero-order valence-electron chi connectivity index (χ0n) is 12.6. The Morgan fingerprint density at radius 2 is 2.00 bits per heavy atom. The van der Waals surface area contributed by atoms with E-state index in [0.717, 1.165) is 30.8 Å². The molecule has 0 unspecified atom stereocenters. The second kappa shape index (κ2) is 6.89. The van der Waals surface area contributed by atoms with Crippen LogP contribution >= 0.6 is 0 Å². The minimum Gasteiger partial charge on any atom is -0.352 e. The summed E-state index contributed by atoms with van der Waals surface area (Å²) < 4.78 is 1.91. The van der Waals surface area contributed by atoms with Gasteiger partial charge in [-0.15, -0.1) is 0 Å². The molecule has 0 bridgehead atoms. The molecule has 21 heavy (non-hydrogen) atoms. The van der Waals surface area contributed by atoms with E-state index in [0.29, 0.717) is 6.04 Å². The fraction of sp³-hybridized carbons (Fsp3) is 0.625. The monoisotopic (exact) mass is 287 g/mol. The first-order chi connectivity index (χ1) is 10.4. The van der Waals surface area contributed by atoms with Crippen molar-refractivity contribution < 1.29 is 0 Å². The normalized spacial score (nSPS) is 17.0. The Labute approximate surface area is 126 Å². The van der Waals surface area contributed by atoms with Gasteiger partial charge in [0, 0.05) is 25.0 Å². The lowest BCUT2D eigenvalue weighted by Gasteiger charge is -2.32. The lowest BCUT2D eigenvalue weighted by atomic mass is 10.1. The smallest absolute Gasteiger partial charge is 0.154 e. The molecule has 5 heteroatoms. The van der Waals surface area contributed by atoms with Crippen LogP contribution in [0.5, 0.6) is 0 Å². The summed E-state index contributed by atoms with van der Waals surface area (Å²) in [6.45, 7) is 1.71. The molecule has 2 aromatic rings. The van der Waals surface area contributed by atoms with Crippen LogP contribution in [-0.2, 0) is 0 Å². The van der Waals surface area contributed by atoms with Crippen molar-refractivity contribution in [2.45, 2.75) is 51.0 Å². The predicted octanol–water partition coefficient (Wildman–Crippen LogP) is 2.61. The van der Waals surface area contributed by atoms with Gasteiger partial charge in [-0.1, -0.05) is 25.7 Å². The van der Waals surface area contributed by atoms with Gasteiger partial charge in [-0.05, 0) is 31.9 Å². The van der Waals surface area contributed by atoms with E-state index in [1.54, 1.807) is 0 Å². The summed E-state index contributed by atoms with van der Waals surface area (Å²) in [7, 11) is 0. The van der Waals surface area contributed by atoms with Crippen LogP contribution in [0.3, 0.4) is 0 Å². The molecule has 0 radical (unpaired) electrons. The first-order valence-electron chi connectivity index (χ1n) is 8.15. The molecule has 0 spiro atoms. The average molecular weight is 287 g/mol. The first kappa shape index (κ1) is 14.3. The van der Waals surface area contributed by atoms with E-state index >= 15 is 0 Å². The van der Waals surface area contributed by atoms with Gasteiger partial charge in [-0.2, -0.15) is 5.10 Å². The second-order valence-electron chi connectivity index (χ2n) is 5.89. The van der Waals surface area contributed by atoms with Gasteiger partial charge in [0.15, 0.2) is 5.82 Å². The third-order valence-corrected chi connectivity index (χ3v) is 4.44. The van der Waals surface area contributed by atoms with E-state index in [1.165, 1.54) is 38.5 Å². The Bertz CT molecular complexity index is 557. The SMILES string of the molecule is NCCCN(c1nccn2nccc12)C1CCCCCC1. The lowest BCUT2D eigenvalue weighted by molar-refractivity contribution is 0.515. The van der Waals surface area contributed by atoms with Crippen LogP contribution in [0.4, 0.5) is 5.82 Å². The van der Waals surface area contributed by atoms with Crippen LogP contribution in [0.2, 0.25) is 0 Å². The number of hydrogen-bond acceptors (Lipinski definition) is 4.